The molecule has 1 atom stereocenters. The van der Waals surface area contributed by atoms with Crippen LogP contribution in [0.25, 0.3) is 0 Å². The summed E-state index contributed by atoms with van der Waals surface area (Å²) in [7, 11) is 0. The highest BCUT2D eigenvalue weighted by molar-refractivity contribution is 6.02. The molecule has 0 saturated carbocycles. The molecule has 0 aliphatic carbocycles. The SMILES string of the molecule is CCCC(CC)/C(=N/O)c1ccccc1F. The predicted molar refractivity (Wildman–Crippen MR) is 63.4 cm³/mol. The van der Waals surface area contributed by atoms with Gasteiger partial charge in [0.05, 0.1) is 5.71 Å². The molecule has 1 aromatic carbocycles. The Kier molecular flexibility index (Phi) is 4.96. The van der Waals surface area contributed by atoms with E-state index in [4.69, 9.17) is 5.21 Å². The Morgan fingerprint density at radius 2 is 2.06 bits per heavy atom. The third-order valence-electron chi connectivity index (χ3n) is 2.77. The van der Waals surface area contributed by atoms with Gasteiger partial charge in [-0.1, -0.05) is 43.6 Å². The summed E-state index contributed by atoms with van der Waals surface area (Å²) in [6.07, 6.45) is 2.75. The summed E-state index contributed by atoms with van der Waals surface area (Å²) >= 11 is 0. The number of rotatable bonds is 5. The maximum absolute atomic E-state index is 13.6. The van der Waals surface area contributed by atoms with Gasteiger partial charge in [0, 0.05) is 11.5 Å². The molecule has 1 rings (SSSR count). The van der Waals surface area contributed by atoms with E-state index in [2.05, 4.69) is 12.1 Å². The maximum Gasteiger partial charge on any atom is 0.132 e. The quantitative estimate of drug-likeness (QED) is 0.459. The monoisotopic (exact) mass is 223 g/mol. The smallest absolute Gasteiger partial charge is 0.132 e. The van der Waals surface area contributed by atoms with Crippen LogP contribution >= 0.6 is 0 Å². The second-order valence-electron chi connectivity index (χ2n) is 3.86. The zero-order valence-electron chi connectivity index (χ0n) is 9.78. The number of oxime groups is 1. The third-order valence-corrected chi connectivity index (χ3v) is 2.77. The average molecular weight is 223 g/mol. The van der Waals surface area contributed by atoms with Gasteiger partial charge < -0.3 is 5.21 Å². The van der Waals surface area contributed by atoms with Gasteiger partial charge in [-0.3, -0.25) is 0 Å². The second-order valence-corrected chi connectivity index (χ2v) is 3.86. The first-order chi connectivity index (χ1) is 7.74. The van der Waals surface area contributed by atoms with Crippen molar-refractivity contribution in [2.24, 2.45) is 11.1 Å². The molecule has 0 saturated heterocycles. The molecule has 0 heterocycles. The minimum absolute atomic E-state index is 0.117. The molecule has 0 spiro atoms. The van der Waals surface area contributed by atoms with Crippen LogP contribution in [0.1, 0.15) is 38.7 Å². The summed E-state index contributed by atoms with van der Waals surface area (Å²) in [6.45, 7) is 4.09. The summed E-state index contributed by atoms with van der Waals surface area (Å²) in [5.41, 5.74) is 0.868. The van der Waals surface area contributed by atoms with Gasteiger partial charge in [-0.05, 0) is 18.9 Å². The zero-order valence-corrected chi connectivity index (χ0v) is 9.78. The van der Waals surface area contributed by atoms with Crippen molar-refractivity contribution < 1.29 is 9.60 Å². The van der Waals surface area contributed by atoms with Gasteiger partial charge in [-0.2, -0.15) is 0 Å². The fourth-order valence-corrected chi connectivity index (χ4v) is 1.91. The van der Waals surface area contributed by atoms with Gasteiger partial charge in [-0.15, -0.1) is 0 Å². The van der Waals surface area contributed by atoms with Crippen molar-refractivity contribution in [1.29, 1.82) is 0 Å². The number of benzene rings is 1. The lowest BCUT2D eigenvalue weighted by atomic mass is 9.90. The van der Waals surface area contributed by atoms with Gasteiger partial charge in [0.2, 0.25) is 0 Å². The fourth-order valence-electron chi connectivity index (χ4n) is 1.91. The Balaban J connectivity index is 3.03. The molecule has 0 aliphatic heterocycles. The highest BCUT2D eigenvalue weighted by Crippen LogP contribution is 2.20. The van der Waals surface area contributed by atoms with E-state index in [-0.39, 0.29) is 11.7 Å². The Hall–Kier alpha value is -1.38. The molecule has 0 aromatic heterocycles. The van der Waals surface area contributed by atoms with E-state index in [9.17, 15) is 4.39 Å². The molecule has 3 heteroatoms. The highest BCUT2D eigenvalue weighted by Gasteiger charge is 2.18. The largest absolute Gasteiger partial charge is 0.411 e. The van der Waals surface area contributed by atoms with E-state index in [0.717, 1.165) is 19.3 Å². The molecular weight excluding hydrogens is 205 g/mol. The standard InChI is InChI=1S/C13H18FNO/c1-3-7-10(4-2)13(15-16)11-8-5-6-9-12(11)14/h5-6,8-10,16H,3-4,7H2,1-2H3/b15-13-. The van der Waals surface area contributed by atoms with E-state index in [1.165, 1.54) is 6.07 Å². The first kappa shape index (κ1) is 12.7. The zero-order chi connectivity index (χ0) is 12.0. The summed E-state index contributed by atoms with van der Waals surface area (Å²) in [6, 6.07) is 6.43. The molecule has 0 radical (unpaired) electrons. The molecule has 1 unspecified atom stereocenters. The Morgan fingerprint density at radius 3 is 2.56 bits per heavy atom. The van der Waals surface area contributed by atoms with Crippen molar-refractivity contribution in [2.75, 3.05) is 0 Å². The average Bonchev–Trinajstić information content (AvgIpc) is 2.31. The van der Waals surface area contributed by atoms with Crippen LogP contribution in [-0.4, -0.2) is 10.9 Å². The molecule has 16 heavy (non-hydrogen) atoms. The van der Waals surface area contributed by atoms with E-state index < -0.39 is 0 Å². The molecule has 0 amide bonds. The lowest BCUT2D eigenvalue weighted by Crippen LogP contribution is -2.16. The van der Waals surface area contributed by atoms with Crippen LogP contribution in [0.15, 0.2) is 29.4 Å². The number of nitrogens with zero attached hydrogens (tertiary/aromatic N) is 1. The summed E-state index contributed by atoms with van der Waals surface area (Å²) in [4.78, 5) is 0. The van der Waals surface area contributed by atoms with Crippen LogP contribution in [0.3, 0.4) is 0 Å². The molecule has 0 fully saturated rings. The number of hydrogen-bond donors (Lipinski definition) is 1. The first-order valence-corrected chi connectivity index (χ1v) is 5.71. The van der Waals surface area contributed by atoms with Crippen LogP contribution < -0.4 is 0 Å². The van der Waals surface area contributed by atoms with Gasteiger partial charge >= 0.3 is 0 Å². The summed E-state index contributed by atoms with van der Waals surface area (Å²) in [5.74, 6) is -0.211. The Labute approximate surface area is 95.8 Å². The predicted octanol–water partition coefficient (Wildman–Crippen LogP) is 3.83. The lowest BCUT2D eigenvalue weighted by Gasteiger charge is -2.16. The number of hydrogen-bond acceptors (Lipinski definition) is 2. The van der Waals surface area contributed by atoms with Crippen LogP contribution in [0.2, 0.25) is 0 Å². The van der Waals surface area contributed by atoms with E-state index in [0.29, 0.717) is 11.3 Å². The molecule has 1 aromatic rings. The van der Waals surface area contributed by atoms with Crippen molar-refractivity contribution in [3.05, 3.63) is 35.6 Å². The van der Waals surface area contributed by atoms with Gasteiger partial charge in [0.1, 0.15) is 5.82 Å². The van der Waals surface area contributed by atoms with Crippen LogP contribution in [0.5, 0.6) is 0 Å². The maximum atomic E-state index is 13.6. The minimum Gasteiger partial charge on any atom is -0.411 e. The van der Waals surface area contributed by atoms with E-state index in [1.54, 1.807) is 18.2 Å². The van der Waals surface area contributed by atoms with Crippen molar-refractivity contribution >= 4 is 5.71 Å². The third kappa shape index (κ3) is 2.81. The molecular formula is C13H18FNO. The van der Waals surface area contributed by atoms with Crippen molar-refractivity contribution in [1.82, 2.24) is 0 Å². The molecule has 88 valence electrons. The summed E-state index contributed by atoms with van der Waals surface area (Å²) < 4.78 is 13.6. The first-order valence-electron chi connectivity index (χ1n) is 5.71. The van der Waals surface area contributed by atoms with Gasteiger partial charge in [-0.25, -0.2) is 4.39 Å². The Morgan fingerprint density at radius 1 is 1.38 bits per heavy atom. The van der Waals surface area contributed by atoms with Crippen molar-refractivity contribution in [3.8, 4) is 0 Å². The second kappa shape index (κ2) is 6.26. The van der Waals surface area contributed by atoms with Crippen LogP contribution in [0.4, 0.5) is 4.39 Å². The lowest BCUT2D eigenvalue weighted by molar-refractivity contribution is 0.313. The van der Waals surface area contributed by atoms with E-state index in [1.807, 2.05) is 6.92 Å². The van der Waals surface area contributed by atoms with Crippen molar-refractivity contribution in [3.63, 3.8) is 0 Å². The Bertz CT molecular complexity index is 363. The number of halogens is 1. The molecule has 2 nitrogen and oxygen atoms in total. The van der Waals surface area contributed by atoms with Crippen LogP contribution in [-0.2, 0) is 0 Å². The summed E-state index contributed by atoms with van der Waals surface area (Å²) in [5, 5.41) is 12.3. The van der Waals surface area contributed by atoms with Crippen molar-refractivity contribution in [2.45, 2.75) is 33.1 Å². The molecule has 1 N–H and O–H groups in total. The highest BCUT2D eigenvalue weighted by atomic mass is 19.1. The molecule has 0 aliphatic rings. The molecule has 0 bridgehead atoms. The topological polar surface area (TPSA) is 32.6 Å². The fraction of sp³-hybridized carbons (Fsp3) is 0.462. The van der Waals surface area contributed by atoms with Gasteiger partial charge in [0.15, 0.2) is 0 Å². The minimum atomic E-state index is -0.329. The van der Waals surface area contributed by atoms with E-state index >= 15 is 0 Å². The normalized spacial score (nSPS) is 13.8. The van der Waals surface area contributed by atoms with Gasteiger partial charge in [0.25, 0.3) is 0 Å². The van der Waals surface area contributed by atoms with Crippen LogP contribution in [0, 0.1) is 11.7 Å².